The van der Waals surface area contributed by atoms with Crippen molar-refractivity contribution in [3.8, 4) is 5.75 Å². The maximum Gasteiger partial charge on any atom is 0.257 e. The lowest BCUT2D eigenvalue weighted by atomic mass is 10.0. The second-order valence-electron chi connectivity index (χ2n) is 7.53. The van der Waals surface area contributed by atoms with Crippen molar-refractivity contribution in [2.75, 3.05) is 52.9 Å². The molecule has 1 aliphatic rings. The highest BCUT2D eigenvalue weighted by Crippen LogP contribution is 2.18. The molecule has 0 unspecified atom stereocenters. The van der Waals surface area contributed by atoms with Gasteiger partial charge in [-0.05, 0) is 36.6 Å². The summed E-state index contributed by atoms with van der Waals surface area (Å²) in [5.74, 6) is 1.63. The molecule has 1 atom stereocenters. The second kappa shape index (κ2) is 9.78. The van der Waals surface area contributed by atoms with E-state index in [1.807, 2.05) is 12.1 Å². The molecule has 1 heterocycles. The van der Waals surface area contributed by atoms with Crippen molar-refractivity contribution in [1.29, 1.82) is 0 Å². The first-order valence-electron chi connectivity index (χ1n) is 9.34. The number of carbonyl (C=O) groups excluding carboxylic acids is 1. The van der Waals surface area contributed by atoms with Crippen LogP contribution in [0.25, 0.3) is 0 Å². The van der Waals surface area contributed by atoms with Crippen molar-refractivity contribution in [1.82, 2.24) is 15.1 Å². The van der Waals surface area contributed by atoms with Crippen LogP contribution in [0.1, 0.15) is 32.3 Å². The second-order valence-corrected chi connectivity index (χ2v) is 7.53. The van der Waals surface area contributed by atoms with Crippen molar-refractivity contribution < 1.29 is 9.53 Å². The van der Waals surface area contributed by atoms with Crippen molar-refractivity contribution in [3.05, 3.63) is 29.8 Å². The summed E-state index contributed by atoms with van der Waals surface area (Å²) >= 11 is 0. The Morgan fingerprint density at radius 2 is 1.76 bits per heavy atom. The van der Waals surface area contributed by atoms with Crippen LogP contribution in [0.4, 0.5) is 0 Å². The molecule has 5 heteroatoms. The largest absolute Gasteiger partial charge is 0.484 e. The number of rotatable bonds is 8. The molecule has 1 aromatic carbocycles. The van der Waals surface area contributed by atoms with Crippen molar-refractivity contribution >= 4 is 5.91 Å². The van der Waals surface area contributed by atoms with Crippen LogP contribution in [0.2, 0.25) is 0 Å². The molecule has 2 rings (SSSR count). The molecule has 140 valence electrons. The average Bonchev–Trinajstić information content (AvgIpc) is 2.60. The third kappa shape index (κ3) is 7.04. The Morgan fingerprint density at radius 1 is 1.12 bits per heavy atom. The first-order valence-corrected chi connectivity index (χ1v) is 9.34. The van der Waals surface area contributed by atoms with E-state index >= 15 is 0 Å². The summed E-state index contributed by atoms with van der Waals surface area (Å²) in [6.07, 6.45) is 0. The summed E-state index contributed by atoms with van der Waals surface area (Å²) in [6, 6.07) is 7.96. The quantitative estimate of drug-likeness (QED) is 0.783. The van der Waals surface area contributed by atoms with Gasteiger partial charge in [0.15, 0.2) is 6.61 Å². The van der Waals surface area contributed by atoms with Crippen LogP contribution < -0.4 is 10.1 Å². The van der Waals surface area contributed by atoms with Crippen molar-refractivity contribution in [2.24, 2.45) is 5.92 Å². The summed E-state index contributed by atoms with van der Waals surface area (Å²) in [5, 5.41) is 2.98. The monoisotopic (exact) mass is 347 g/mol. The molecule has 0 spiro atoms. The standard InChI is InChI=1S/C20H33N3O2/c1-16(2)18-5-7-19(8-6-18)25-15-20(24)21-13-17(3)14-23-11-9-22(4)10-12-23/h5-8,16-17H,9-15H2,1-4H3,(H,21,24)/t17-/m0/s1. The molecule has 1 N–H and O–H groups in total. The summed E-state index contributed by atoms with van der Waals surface area (Å²) in [7, 11) is 2.16. The van der Waals surface area contributed by atoms with E-state index in [9.17, 15) is 4.79 Å². The molecule has 1 saturated heterocycles. The Hall–Kier alpha value is -1.59. The Balaban J connectivity index is 1.63. The fraction of sp³-hybridized carbons (Fsp3) is 0.650. The van der Waals surface area contributed by atoms with Gasteiger partial charge in [0.2, 0.25) is 0 Å². The SMILES string of the molecule is CC(C)c1ccc(OCC(=O)NC[C@H](C)CN2CCN(C)CC2)cc1. The summed E-state index contributed by atoms with van der Waals surface area (Å²) in [4.78, 5) is 16.8. The number of nitrogens with one attached hydrogen (secondary N) is 1. The van der Waals surface area contributed by atoms with Gasteiger partial charge in [0.05, 0.1) is 0 Å². The molecule has 1 amide bonds. The van der Waals surface area contributed by atoms with Crippen LogP contribution in [-0.4, -0.2) is 68.6 Å². The first-order chi connectivity index (χ1) is 11.9. The molecule has 1 fully saturated rings. The smallest absolute Gasteiger partial charge is 0.257 e. The van der Waals surface area contributed by atoms with E-state index in [2.05, 4.69) is 55.1 Å². The van der Waals surface area contributed by atoms with E-state index in [0.717, 1.165) is 38.5 Å². The molecule has 25 heavy (non-hydrogen) atoms. The van der Waals surface area contributed by atoms with Crippen LogP contribution >= 0.6 is 0 Å². The molecule has 0 aromatic heterocycles. The minimum absolute atomic E-state index is 0.0573. The number of carbonyl (C=O) groups is 1. The van der Waals surface area contributed by atoms with E-state index < -0.39 is 0 Å². The molecule has 5 nitrogen and oxygen atoms in total. The third-order valence-electron chi connectivity index (χ3n) is 4.73. The Bertz CT molecular complexity index is 522. The molecule has 0 radical (unpaired) electrons. The summed E-state index contributed by atoms with van der Waals surface area (Å²) in [6.45, 7) is 12.8. The van der Waals surface area contributed by atoms with E-state index in [1.165, 1.54) is 5.56 Å². The normalized spacial score (nSPS) is 17.5. The number of nitrogens with zero attached hydrogens (tertiary/aromatic N) is 2. The molecular weight excluding hydrogens is 314 g/mol. The Labute approximate surface area is 152 Å². The topological polar surface area (TPSA) is 44.8 Å². The molecule has 0 saturated carbocycles. The van der Waals surface area contributed by atoms with Gasteiger partial charge < -0.3 is 19.9 Å². The fourth-order valence-electron chi connectivity index (χ4n) is 2.97. The van der Waals surface area contributed by atoms with Crippen LogP contribution in [0.15, 0.2) is 24.3 Å². The third-order valence-corrected chi connectivity index (χ3v) is 4.73. The lowest BCUT2D eigenvalue weighted by molar-refractivity contribution is -0.123. The van der Waals surface area contributed by atoms with Gasteiger partial charge in [-0.2, -0.15) is 0 Å². The molecule has 1 aromatic rings. The minimum atomic E-state index is -0.0573. The van der Waals surface area contributed by atoms with Crippen molar-refractivity contribution in [3.63, 3.8) is 0 Å². The highest BCUT2D eigenvalue weighted by Gasteiger charge is 2.16. The molecule has 0 bridgehead atoms. The Morgan fingerprint density at radius 3 is 2.36 bits per heavy atom. The van der Waals surface area contributed by atoms with Gasteiger partial charge >= 0.3 is 0 Å². The van der Waals surface area contributed by atoms with Gasteiger partial charge in [0.1, 0.15) is 5.75 Å². The minimum Gasteiger partial charge on any atom is -0.484 e. The zero-order valence-corrected chi connectivity index (χ0v) is 16.1. The molecule has 0 aliphatic carbocycles. The predicted molar refractivity (Wildman–Crippen MR) is 102 cm³/mol. The van der Waals surface area contributed by atoms with Gasteiger partial charge in [-0.25, -0.2) is 0 Å². The lowest BCUT2D eigenvalue weighted by Gasteiger charge is -2.33. The maximum absolute atomic E-state index is 12.0. The van der Waals surface area contributed by atoms with Crippen LogP contribution in [0, 0.1) is 5.92 Å². The number of benzene rings is 1. The highest BCUT2D eigenvalue weighted by atomic mass is 16.5. The lowest BCUT2D eigenvalue weighted by Crippen LogP contribution is -2.47. The predicted octanol–water partition coefficient (Wildman–Crippen LogP) is 2.19. The van der Waals surface area contributed by atoms with Crippen molar-refractivity contribution in [2.45, 2.75) is 26.7 Å². The average molecular weight is 348 g/mol. The van der Waals surface area contributed by atoms with Gasteiger partial charge in [-0.15, -0.1) is 0 Å². The van der Waals surface area contributed by atoms with E-state index in [1.54, 1.807) is 0 Å². The van der Waals surface area contributed by atoms with Gasteiger partial charge in [0, 0.05) is 39.3 Å². The van der Waals surface area contributed by atoms with E-state index in [0.29, 0.717) is 18.4 Å². The van der Waals surface area contributed by atoms with Gasteiger partial charge in [0.25, 0.3) is 5.91 Å². The maximum atomic E-state index is 12.0. The van der Waals surface area contributed by atoms with E-state index in [4.69, 9.17) is 4.74 Å². The highest BCUT2D eigenvalue weighted by molar-refractivity contribution is 5.77. The van der Waals surface area contributed by atoms with Gasteiger partial charge in [-0.3, -0.25) is 4.79 Å². The van der Waals surface area contributed by atoms with Crippen LogP contribution in [-0.2, 0) is 4.79 Å². The summed E-state index contributed by atoms with van der Waals surface area (Å²) in [5.41, 5.74) is 1.27. The number of hydrogen-bond acceptors (Lipinski definition) is 4. The van der Waals surface area contributed by atoms with Gasteiger partial charge in [-0.1, -0.05) is 32.9 Å². The fourth-order valence-corrected chi connectivity index (χ4v) is 2.97. The first kappa shape index (κ1) is 19.7. The Kier molecular flexibility index (Phi) is 7.72. The number of ether oxygens (including phenoxy) is 1. The van der Waals surface area contributed by atoms with E-state index in [-0.39, 0.29) is 12.5 Å². The van der Waals surface area contributed by atoms with Crippen LogP contribution in [0.3, 0.4) is 0 Å². The zero-order valence-electron chi connectivity index (χ0n) is 16.1. The number of piperazine rings is 1. The molecule has 1 aliphatic heterocycles. The molecular formula is C20H33N3O2. The zero-order chi connectivity index (χ0) is 18.2. The number of amides is 1. The van der Waals surface area contributed by atoms with Crippen LogP contribution in [0.5, 0.6) is 5.75 Å². The summed E-state index contributed by atoms with van der Waals surface area (Å²) < 4.78 is 5.57. The number of likely N-dealkylation sites (N-methyl/N-ethyl adjacent to an activating group) is 1. The number of hydrogen-bond donors (Lipinski definition) is 1.